The van der Waals surface area contributed by atoms with Gasteiger partial charge < -0.3 is 15.3 Å². The summed E-state index contributed by atoms with van der Waals surface area (Å²) in [6.07, 6.45) is 4.61. The molecule has 1 aromatic carbocycles. The van der Waals surface area contributed by atoms with Gasteiger partial charge in [0.25, 0.3) is 5.69 Å². The van der Waals surface area contributed by atoms with Crippen molar-refractivity contribution in [2.75, 3.05) is 13.1 Å². The van der Waals surface area contributed by atoms with E-state index in [0.717, 1.165) is 38.1 Å². The van der Waals surface area contributed by atoms with E-state index in [9.17, 15) is 24.5 Å². The average molecular weight is 363 g/mol. The van der Waals surface area contributed by atoms with E-state index in [4.69, 9.17) is 5.11 Å². The van der Waals surface area contributed by atoms with Gasteiger partial charge in [-0.25, -0.2) is 4.79 Å². The van der Waals surface area contributed by atoms with Crippen LogP contribution < -0.4 is 5.32 Å². The number of carboxylic acids is 1. The molecule has 0 unspecified atom stereocenters. The highest BCUT2D eigenvalue weighted by Gasteiger charge is 2.30. The first kappa shape index (κ1) is 19.4. The molecule has 0 aliphatic carbocycles. The summed E-state index contributed by atoms with van der Waals surface area (Å²) in [5.74, 6) is -0.958. The normalized spacial score (nSPS) is 19.2. The first-order valence-electron chi connectivity index (χ1n) is 8.44. The molecule has 2 aliphatic heterocycles. The number of hydrogen-bond acceptors (Lipinski definition) is 5. The maximum Gasteiger partial charge on any atom is 0.335 e. The van der Waals surface area contributed by atoms with E-state index in [1.165, 1.54) is 18.6 Å². The van der Waals surface area contributed by atoms with Gasteiger partial charge in [0, 0.05) is 31.6 Å². The van der Waals surface area contributed by atoms with Crippen LogP contribution in [0.5, 0.6) is 0 Å². The van der Waals surface area contributed by atoms with Crippen LogP contribution in [0.2, 0.25) is 0 Å². The number of aromatic carboxylic acids is 1. The second-order valence-electron chi connectivity index (χ2n) is 6.15. The van der Waals surface area contributed by atoms with Crippen LogP contribution in [-0.4, -0.2) is 51.8 Å². The Kier molecular flexibility index (Phi) is 6.65. The zero-order chi connectivity index (χ0) is 19.1. The van der Waals surface area contributed by atoms with Gasteiger partial charge in [0.15, 0.2) is 0 Å². The van der Waals surface area contributed by atoms with Crippen molar-refractivity contribution in [2.24, 2.45) is 0 Å². The molecule has 2 saturated heterocycles. The number of non-ortho nitro benzene ring substituents is 1. The number of nitro groups is 1. The maximum atomic E-state index is 11.9. The molecule has 9 nitrogen and oxygen atoms in total. The Morgan fingerprint density at radius 1 is 1.15 bits per heavy atom. The first-order chi connectivity index (χ1) is 12.4. The lowest BCUT2D eigenvalue weighted by molar-refractivity contribution is -0.384. The number of nitrogens with one attached hydrogen (secondary N) is 1. The summed E-state index contributed by atoms with van der Waals surface area (Å²) < 4.78 is 0. The molecule has 1 atom stereocenters. The van der Waals surface area contributed by atoms with Crippen LogP contribution in [0.4, 0.5) is 5.69 Å². The fourth-order valence-electron chi connectivity index (χ4n) is 2.86. The zero-order valence-electron chi connectivity index (χ0n) is 14.2. The van der Waals surface area contributed by atoms with Gasteiger partial charge in [0.1, 0.15) is 6.04 Å². The molecule has 2 fully saturated rings. The topological polar surface area (TPSA) is 130 Å². The summed E-state index contributed by atoms with van der Waals surface area (Å²) in [4.78, 5) is 44.6. The highest BCUT2D eigenvalue weighted by molar-refractivity contribution is 5.90. The van der Waals surface area contributed by atoms with Crippen LogP contribution in [-0.2, 0) is 9.59 Å². The van der Waals surface area contributed by atoms with E-state index in [2.05, 4.69) is 5.32 Å². The summed E-state index contributed by atoms with van der Waals surface area (Å²) in [5.41, 5.74) is -0.0689. The van der Waals surface area contributed by atoms with Crippen LogP contribution in [0.25, 0.3) is 0 Å². The van der Waals surface area contributed by atoms with Crippen molar-refractivity contribution < 1.29 is 24.4 Å². The molecule has 0 bridgehead atoms. The maximum absolute atomic E-state index is 11.9. The minimum Gasteiger partial charge on any atom is -0.478 e. The summed E-state index contributed by atoms with van der Waals surface area (Å²) >= 11 is 0. The van der Waals surface area contributed by atoms with Gasteiger partial charge >= 0.3 is 5.97 Å². The Bertz CT molecular complexity index is 649. The lowest BCUT2D eigenvalue weighted by Crippen LogP contribution is -2.46. The SMILES string of the molecule is O=C(O)c1ccc([N+](=O)[O-])cc1.O=C1CC[C@H](C(=O)N2CCCCC2)N1. The second-order valence-corrected chi connectivity index (χ2v) is 6.15. The molecule has 0 spiro atoms. The quantitative estimate of drug-likeness (QED) is 0.619. The number of benzene rings is 1. The second kappa shape index (κ2) is 8.93. The van der Waals surface area contributed by atoms with Crippen LogP contribution in [0.1, 0.15) is 42.5 Å². The molecule has 2 N–H and O–H groups in total. The number of carbonyl (C=O) groups is 3. The molecular weight excluding hydrogens is 342 g/mol. The van der Waals surface area contributed by atoms with E-state index in [0.29, 0.717) is 12.8 Å². The van der Waals surface area contributed by atoms with Gasteiger partial charge in [-0.1, -0.05) is 0 Å². The Labute approximate surface area is 150 Å². The van der Waals surface area contributed by atoms with Gasteiger partial charge in [-0.15, -0.1) is 0 Å². The van der Waals surface area contributed by atoms with Crippen molar-refractivity contribution in [3.8, 4) is 0 Å². The Morgan fingerprint density at radius 2 is 1.77 bits per heavy atom. The molecule has 0 radical (unpaired) electrons. The van der Waals surface area contributed by atoms with Crippen molar-refractivity contribution in [2.45, 2.75) is 38.1 Å². The predicted octanol–water partition coefficient (Wildman–Crippen LogP) is 1.57. The molecule has 26 heavy (non-hydrogen) atoms. The Hall–Kier alpha value is -2.97. The van der Waals surface area contributed by atoms with Crippen LogP contribution in [0, 0.1) is 10.1 Å². The Balaban J connectivity index is 0.000000190. The number of rotatable bonds is 3. The van der Waals surface area contributed by atoms with E-state index in [1.54, 1.807) is 0 Å². The lowest BCUT2D eigenvalue weighted by Gasteiger charge is -2.28. The number of nitro benzene ring substituents is 1. The molecule has 2 amide bonds. The highest BCUT2D eigenvalue weighted by atomic mass is 16.6. The molecule has 140 valence electrons. The van der Waals surface area contributed by atoms with Gasteiger partial charge in [-0.05, 0) is 37.8 Å². The van der Waals surface area contributed by atoms with E-state index in [-0.39, 0.29) is 29.1 Å². The molecule has 0 saturated carbocycles. The average Bonchev–Trinajstić information content (AvgIpc) is 3.09. The number of piperidine rings is 1. The third kappa shape index (κ3) is 5.27. The van der Waals surface area contributed by atoms with Crippen molar-refractivity contribution in [3.63, 3.8) is 0 Å². The van der Waals surface area contributed by atoms with E-state index >= 15 is 0 Å². The molecular formula is C17H21N3O6. The third-order valence-electron chi connectivity index (χ3n) is 4.29. The minimum atomic E-state index is -1.09. The molecule has 3 rings (SSSR count). The number of nitrogens with zero attached hydrogens (tertiary/aromatic N) is 2. The molecule has 2 aliphatic rings. The lowest BCUT2D eigenvalue weighted by atomic mass is 10.1. The van der Waals surface area contributed by atoms with E-state index in [1.807, 2.05) is 4.90 Å². The predicted molar refractivity (Wildman–Crippen MR) is 91.7 cm³/mol. The van der Waals surface area contributed by atoms with Crippen molar-refractivity contribution >= 4 is 23.5 Å². The Morgan fingerprint density at radius 3 is 2.23 bits per heavy atom. The van der Waals surface area contributed by atoms with Gasteiger partial charge in [-0.3, -0.25) is 19.7 Å². The van der Waals surface area contributed by atoms with Crippen molar-refractivity contribution in [1.82, 2.24) is 10.2 Å². The molecule has 9 heteroatoms. The fraction of sp³-hybridized carbons (Fsp3) is 0.471. The number of amides is 2. The summed E-state index contributed by atoms with van der Waals surface area (Å²) in [6, 6.07) is 4.47. The highest BCUT2D eigenvalue weighted by Crippen LogP contribution is 2.14. The molecule has 1 aromatic rings. The minimum absolute atomic E-state index is 0.0142. The fourth-order valence-corrected chi connectivity index (χ4v) is 2.86. The first-order valence-corrected chi connectivity index (χ1v) is 8.44. The molecule has 0 aromatic heterocycles. The zero-order valence-corrected chi connectivity index (χ0v) is 14.2. The number of hydrogen-bond donors (Lipinski definition) is 2. The van der Waals surface area contributed by atoms with Crippen LogP contribution >= 0.6 is 0 Å². The summed E-state index contributed by atoms with van der Waals surface area (Å²) in [5, 5.41) is 21.3. The molecule has 2 heterocycles. The number of carboxylic acid groups (broad SMARTS) is 1. The number of carbonyl (C=O) groups excluding carboxylic acids is 2. The summed E-state index contributed by atoms with van der Waals surface area (Å²) in [6.45, 7) is 1.73. The van der Waals surface area contributed by atoms with Gasteiger partial charge in [0.05, 0.1) is 10.5 Å². The standard InChI is InChI=1S/C10H16N2O2.C7H5NO4/c13-9-5-4-8(11-9)10(14)12-6-2-1-3-7-12;9-7(10)5-1-3-6(4-2-5)8(11)12/h8H,1-7H2,(H,11,13);1-4H,(H,9,10)/t8-;/m1./s1. The van der Waals surface area contributed by atoms with Crippen molar-refractivity contribution in [3.05, 3.63) is 39.9 Å². The van der Waals surface area contributed by atoms with Gasteiger partial charge in [0.2, 0.25) is 11.8 Å². The van der Waals surface area contributed by atoms with Crippen LogP contribution in [0.15, 0.2) is 24.3 Å². The smallest absolute Gasteiger partial charge is 0.335 e. The third-order valence-corrected chi connectivity index (χ3v) is 4.29. The largest absolute Gasteiger partial charge is 0.478 e. The van der Waals surface area contributed by atoms with Gasteiger partial charge in [-0.2, -0.15) is 0 Å². The van der Waals surface area contributed by atoms with E-state index < -0.39 is 10.9 Å². The van der Waals surface area contributed by atoms with Crippen LogP contribution in [0.3, 0.4) is 0 Å². The van der Waals surface area contributed by atoms with Crippen molar-refractivity contribution in [1.29, 1.82) is 0 Å². The number of likely N-dealkylation sites (tertiary alicyclic amines) is 1. The monoisotopic (exact) mass is 363 g/mol. The summed E-state index contributed by atoms with van der Waals surface area (Å²) in [7, 11) is 0.